The molecule has 0 bridgehead atoms. The Balaban J connectivity index is 2.04. The minimum Gasteiger partial charge on any atom is -0.354 e. The molecule has 3 aromatic rings. The third-order valence-electron chi connectivity index (χ3n) is 6.38. The van der Waals surface area contributed by atoms with Gasteiger partial charge in [-0.15, -0.1) is 0 Å². The van der Waals surface area contributed by atoms with Crippen LogP contribution in [0.1, 0.15) is 37.8 Å². The Kier molecular flexibility index (Phi) is 11.3. The molecule has 0 fully saturated rings. The number of amides is 2. The average molecular weight is 625 g/mol. The van der Waals surface area contributed by atoms with E-state index in [0.29, 0.717) is 32.7 Å². The number of hydrogen-bond acceptors (Lipinski definition) is 4. The van der Waals surface area contributed by atoms with Gasteiger partial charge in [0.2, 0.25) is 11.8 Å². The summed E-state index contributed by atoms with van der Waals surface area (Å²) in [5, 5.41) is 3.82. The maximum absolute atomic E-state index is 14.0. The number of carbonyl (C=O) groups excluding carboxylic acids is 2. The summed E-state index contributed by atoms with van der Waals surface area (Å²) in [4.78, 5) is 28.4. The summed E-state index contributed by atoms with van der Waals surface area (Å²) in [6, 6.07) is 16.7. The van der Waals surface area contributed by atoms with E-state index in [-0.39, 0.29) is 23.0 Å². The molecule has 0 saturated carbocycles. The molecule has 2 amide bonds. The first-order chi connectivity index (χ1) is 18.9. The largest absolute Gasteiger partial charge is 0.354 e. The fraction of sp³-hybridized carbons (Fsp3) is 0.310. The lowest BCUT2D eigenvalue weighted by molar-refractivity contribution is -0.139. The van der Waals surface area contributed by atoms with E-state index in [9.17, 15) is 18.0 Å². The minimum absolute atomic E-state index is 0.00579. The Hall–Kier alpha value is -2.78. The van der Waals surface area contributed by atoms with Gasteiger partial charge in [-0.1, -0.05) is 78.5 Å². The van der Waals surface area contributed by atoms with Crippen LogP contribution in [0, 0.1) is 6.92 Å². The molecule has 40 heavy (non-hydrogen) atoms. The van der Waals surface area contributed by atoms with Gasteiger partial charge in [-0.2, -0.15) is 0 Å². The molecule has 0 aliphatic rings. The number of rotatable bonds is 12. The average Bonchev–Trinajstić information content (AvgIpc) is 2.93. The second kappa shape index (κ2) is 14.2. The first kappa shape index (κ1) is 31.7. The van der Waals surface area contributed by atoms with Gasteiger partial charge >= 0.3 is 0 Å². The van der Waals surface area contributed by atoms with E-state index in [1.54, 1.807) is 62.4 Å². The quantitative estimate of drug-likeness (QED) is 0.234. The SMILES string of the molecule is CCCCNC(=O)[C@H](C)N(Cc1ccc(Cl)c(Cl)c1)C(=O)CN(c1cc(Cl)ccc1C)S(=O)(=O)c1ccccc1. The van der Waals surface area contributed by atoms with Gasteiger partial charge in [-0.05, 0) is 67.8 Å². The molecule has 3 rings (SSSR count). The van der Waals surface area contributed by atoms with Gasteiger partial charge in [-0.3, -0.25) is 13.9 Å². The molecule has 1 N–H and O–H groups in total. The van der Waals surface area contributed by atoms with Crippen molar-refractivity contribution >= 4 is 62.3 Å². The van der Waals surface area contributed by atoms with Crippen LogP contribution in [0.25, 0.3) is 0 Å². The van der Waals surface area contributed by atoms with Gasteiger partial charge in [0, 0.05) is 18.1 Å². The molecule has 0 heterocycles. The number of benzene rings is 3. The van der Waals surface area contributed by atoms with Gasteiger partial charge in [0.1, 0.15) is 12.6 Å². The van der Waals surface area contributed by atoms with Crippen molar-refractivity contribution in [3.05, 3.63) is 92.9 Å². The van der Waals surface area contributed by atoms with Crippen molar-refractivity contribution in [2.24, 2.45) is 0 Å². The van der Waals surface area contributed by atoms with Gasteiger partial charge < -0.3 is 10.2 Å². The normalized spacial score (nSPS) is 12.1. The third-order valence-corrected chi connectivity index (χ3v) is 9.13. The van der Waals surface area contributed by atoms with Gasteiger partial charge in [0.05, 0.1) is 20.6 Å². The lowest BCUT2D eigenvalue weighted by atomic mass is 10.1. The fourth-order valence-corrected chi connectivity index (χ4v) is 6.02. The second-order valence-electron chi connectivity index (χ2n) is 9.35. The number of nitrogens with one attached hydrogen (secondary N) is 1. The lowest BCUT2D eigenvalue weighted by Gasteiger charge is -2.32. The van der Waals surface area contributed by atoms with Gasteiger partial charge in [-0.25, -0.2) is 8.42 Å². The van der Waals surface area contributed by atoms with Crippen LogP contribution in [0.2, 0.25) is 15.1 Å². The van der Waals surface area contributed by atoms with Gasteiger partial charge in [0.25, 0.3) is 10.0 Å². The van der Waals surface area contributed by atoms with Crippen LogP contribution in [-0.2, 0) is 26.2 Å². The fourth-order valence-electron chi connectivity index (χ4n) is 4.04. The van der Waals surface area contributed by atoms with Crippen molar-refractivity contribution in [2.45, 2.75) is 51.1 Å². The number of carbonyl (C=O) groups is 2. The summed E-state index contributed by atoms with van der Waals surface area (Å²) < 4.78 is 28.8. The third kappa shape index (κ3) is 7.91. The number of sulfonamides is 1. The second-order valence-corrected chi connectivity index (χ2v) is 12.5. The molecular weight excluding hydrogens is 593 g/mol. The molecule has 11 heteroatoms. The summed E-state index contributed by atoms with van der Waals surface area (Å²) in [5.41, 5.74) is 1.50. The first-order valence-electron chi connectivity index (χ1n) is 12.8. The van der Waals surface area contributed by atoms with E-state index in [0.717, 1.165) is 17.1 Å². The molecule has 0 spiro atoms. The van der Waals surface area contributed by atoms with Crippen LogP contribution in [-0.4, -0.2) is 44.3 Å². The van der Waals surface area contributed by atoms with E-state index in [2.05, 4.69) is 5.32 Å². The number of halogens is 3. The molecule has 3 aromatic carbocycles. The van der Waals surface area contributed by atoms with Crippen molar-refractivity contribution in [1.82, 2.24) is 10.2 Å². The maximum atomic E-state index is 14.0. The highest BCUT2D eigenvalue weighted by atomic mass is 35.5. The predicted octanol–water partition coefficient (Wildman–Crippen LogP) is 6.48. The number of aryl methyl sites for hydroxylation is 1. The number of unbranched alkanes of at least 4 members (excludes halogenated alkanes) is 1. The van der Waals surface area contributed by atoms with Crippen LogP contribution in [0.15, 0.2) is 71.6 Å². The van der Waals surface area contributed by atoms with Crippen molar-refractivity contribution in [1.29, 1.82) is 0 Å². The van der Waals surface area contributed by atoms with Crippen LogP contribution in [0.4, 0.5) is 5.69 Å². The Labute approximate surface area is 251 Å². The highest BCUT2D eigenvalue weighted by Gasteiger charge is 2.33. The summed E-state index contributed by atoms with van der Waals surface area (Å²) in [5.74, 6) is -0.929. The summed E-state index contributed by atoms with van der Waals surface area (Å²) in [6.07, 6.45) is 1.68. The first-order valence-corrected chi connectivity index (χ1v) is 15.4. The van der Waals surface area contributed by atoms with Crippen LogP contribution < -0.4 is 9.62 Å². The standard InChI is InChI=1S/C29H32Cl3N3O4S/c1-4-5-15-33-29(37)21(3)34(18-22-12-14-25(31)26(32)16-22)28(36)19-35(27-17-23(30)13-11-20(27)2)40(38,39)24-9-7-6-8-10-24/h6-14,16-17,21H,4-5,15,18-19H2,1-3H3,(H,33,37)/t21-/m0/s1. The number of nitrogens with zero attached hydrogens (tertiary/aromatic N) is 2. The topological polar surface area (TPSA) is 86.8 Å². The number of hydrogen-bond donors (Lipinski definition) is 1. The Bertz CT molecular complexity index is 1450. The molecule has 214 valence electrons. The van der Waals surface area contributed by atoms with E-state index in [1.165, 1.54) is 23.1 Å². The van der Waals surface area contributed by atoms with Crippen LogP contribution in [0.3, 0.4) is 0 Å². The summed E-state index contributed by atoms with van der Waals surface area (Å²) in [7, 11) is -4.18. The van der Waals surface area contributed by atoms with Crippen LogP contribution >= 0.6 is 34.8 Å². The Morgan fingerprint density at radius 3 is 2.30 bits per heavy atom. The van der Waals surface area contributed by atoms with E-state index < -0.39 is 28.5 Å². The molecular formula is C29H32Cl3N3O4S. The molecule has 0 aliphatic carbocycles. The van der Waals surface area contributed by atoms with Crippen LogP contribution in [0.5, 0.6) is 0 Å². The number of anilines is 1. The zero-order chi connectivity index (χ0) is 29.4. The molecule has 0 saturated heterocycles. The van der Waals surface area contributed by atoms with E-state index in [4.69, 9.17) is 34.8 Å². The van der Waals surface area contributed by atoms with E-state index in [1.807, 2.05) is 6.92 Å². The molecule has 0 aromatic heterocycles. The van der Waals surface area contributed by atoms with Crippen molar-refractivity contribution in [2.75, 3.05) is 17.4 Å². The molecule has 0 unspecified atom stereocenters. The maximum Gasteiger partial charge on any atom is 0.264 e. The molecule has 7 nitrogen and oxygen atoms in total. The molecule has 0 radical (unpaired) electrons. The summed E-state index contributed by atoms with van der Waals surface area (Å²) in [6.45, 7) is 5.26. The summed E-state index contributed by atoms with van der Waals surface area (Å²) >= 11 is 18.5. The highest BCUT2D eigenvalue weighted by Crippen LogP contribution is 2.30. The Morgan fingerprint density at radius 2 is 1.65 bits per heavy atom. The minimum atomic E-state index is -4.18. The Morgan fingerprint density at radius 1 is 0.950 bits per heavy atom. The monoisotopic (exact) mass is 623 g/mol. The lowest BCUT2D eigenvalue weighted by Crippen LogP contribution is -2.51. The van der Waals surface area contributed by atoms with Gasteiger partial charge in [0.15, 0.2) is 0 Å². The van der Waals surface area contributed by atoms with Crippen molar-refractivity contribution in [3.8, 4) is 0 Å². The van der Waals surface area contributed by atoms with E-state index >= 15 is 0 Å². The molecule has 0 aliphatic heterocycles. The smallest absolute Gasteiger partial charge is 0.264 e. The molecule has 1 atom stereocenters. The van der Waals surface area contributed by atoms with Crippen molar-refractivity contribution < 1.29 is 18.0 Å². The predicted molar refractivity (Wildman–Crippen MR) is 162 cm³/mol. The zero-order valence-electron chi connectivity index (χ0n) is 22.5. The zero-order valence-corrected chi connectivity index (χ0v) is 25.6. The highest BCUT2D eigenvalue weighted by molar-refractivity contribution is 7.92. The van der Waals surface area contributed by atoms with Crippen molar-refractivity contribution in [3.63, 3.8) is 0 Å².